The van der Waals surface area contributed by atoms with E-state index in [1.165, 1.54) is 11.9 Å². The van der Waals surface area contributed by atoms with Gasteiger partial charge in [-0.2, -0.15) is 5.01 Å². The third kappa shape index (κ3) is 1.42. The summed E-state index contributed by atoms with van der Waals surface area (Å²) in [6.45, 7) is 7.06. The van der Waals surface area contributed by atoms with E-state index in [9.17, 15) is 4.79 Å². The topological polar surface area (TPSA) is 41.9 Å². The number of nitrogens with zero attached hydrogens (tertiary/aromatic N) is 2. The maximum Gasteiger partial charge on any atom is 0.243 e. The van der Waals surface area contributed by atoms with Crippen LogP contribution in [0.25, 0.3) is 0 Å². The number of amides is 1. The van der Waals surface area contributed by atoms with Crippen LogP contribution in [-0.2, 0) is 9.53 Å². The molecule has 4 nitrogen and oxygen atoms in total. The Kier molecular flexibility index (Phi) is 2.08. The largest absolute Gasteiger partial charge is 0.452 e. The van der Waals surface area contributed by atoms with Crippen molar-refractivity contribution in [3.63, 3.8) is 0 Å². The number of carbonyl (C=O) groups is 1. The lowest BCUT2D eigenvalue weighted by Gasteiger charge is -2.25. The molecule has 0 atom stereocenters. The van der Waals surface area contributed by atoms with E-state index in [1.807, 2.05) is 20.8 Å². The molecule has 12 heavy (non-hydrogen) atoms. The van der Waals surface area contributed by atoms with E-state index in [2.05, 4.69) is 5.10 Å². The van der Waals surface area contributed by atoms with Crippen LogP contribution in [0, 0.1) is 0 Å². The molecule has 0 unspecified atom stereocenters. The van der Waals surface area contributed by atoms with Crippen LogP contribution in [-0.4, -0.2) is 22.5 Å². The second kappa shape index (κ2) is 2.77. The number of hydrazone groups is 1. The SMILES string of the molecule is CCC1=NN(C(C)=O)C(C)(C)O1. The van der Waals surface area contributed by atoms with Crippen LogP contribution in [0.15, 0.2) is 5.10 Å². The molecule has 0 aromatic carbocycles. The highest BCUT2D eigenvalue weighted by atomic mass is 16.5. The van der Waals surface area contributed by atoms with Crippen molar-refractivity contribution in [1.82, 2.24) is 5.01 Å². The molecule has 1 aliphatic rings. The zero-order chi connectivity index (χ0) is 9.35. The molecule has 0 saturated heterocycles. The van der Waals surface area contributed by atoms with Crippen LogP contribution >= 0.6 is 0 Å². The second-order valence-corrected chi connectivity index (χ2v) is 3.23. The molecule has 4 heteroatoms. The van der Waals surface area contributed by atoms with Crippen molar-refractivity contribution < 1.29 is 9.53 Å². The molecule has 0 aromatic heterocycles. The normalized spacial score (nSPS) is 20.3. The standard InChI is InChI=1S/C8H14N2O2/c1-5-7-9-10(6(2)11)8(3,4)12-7/h5H2,1-4H3. The second-order valence-electron chi connectivity index (χ2n) is 3.23. The monoisotopic (exact) mass is 170 g/mol. The van der Waals surface area contributed by atoms with Crippen molar-refractivity contribution in [3.05, 3.63) is 0 Å². The number of hydrogen-bond acceptors (Lipinski definition) is 3. The summed E-state index contributed by atoms with van der Waals surface area (Å²) in [6.07, 6.45) is 0.715. The highest BCUT2D eigenvalue weighted by molar-refractivity contribution is 5.82. The van der Waals surface area contributed by atoms with Crippen LogP contribution < -0.4 is 0 Å². The van der Waals surface area contributed by atoms with Gasteiger partial charge in [-0.3, -0.25) is 4.79 Å². The summed E-state index contributed by atoms with van der Waals surface area (Å²) >= 11 is 0. The predicted octanol–water partition coefficient (Wildman–Crippen LogP) is 1.32. The summed E-state index contributed by atoms with van der Waals surface area (Å²) in [5.74, 6) is 0.527. The minimum Gasteiger partial charge on any atom is -0.452 e. The molecule has 1 rings (SSSR count). The Balaban J connectivity index is 2.84. The van der Waals surface area contributed by atoms with E-state index in [0.29, 0.717) is 12.3 Å². The van der Waals surface area contributed by atoms with E-state index in [-0.39, 0.29) is 5.91 Å². The number of carbonyl (C=O) groups excluding carboxylic acids is 1. The zero-order valence-electron chi connectivity index (χ0n) is 7.92. The molecule has 0 N–H and O–H groups in total. The van der Waals surface area contributed by atoms with Gasteiger partial charge >= 0.3 is 0 Å². The molecule has 0 saturated carbocycles. The molecular formula is C8H14N2O2. The van der Waals surface area contributed by atoms with E-state index in [0.717, 1.165) is 0 Å². The van der Waals surface area contributed by atoms with Crippen molar-refractivity contribution in [2.75, 3.05) is 0 Å². The summed E-state index contributed by atoms with van der Waals surface area (Å²) in [5.41, 5.74) is -0.614. The maximum atomic E-state index is 11.1. The Morgan fingerprint density at radius 2 is 2.25 bits per heavy atom. The number of rotatable bonds is 1. The summed E-state index contributed by atoms with van der Waals surface area (Å²) in [5, 5.41) is 5.40. The van der Waals surface area contributed by atoms with Gasteiger partial charge in [0.2, 0.25) is 17.5 Å². The van der Waals surface area contributed by atoms with Gasteiger partial charge in [0.1, 0.15) is 0 Å². The van der Waals surface area contributed by atoms with Crippen molar-refractivity contribution in [2.45, 2.75) is 39.8 Å². The number of hydrogen-bond donors (Lipinski definition) is 0. The van der Waals surface area contributed by atoms with Gasteiger partial charge in [-0.15, -0.1) is 5.10 Å². The van der Waals surface area contributed by atoms with Gasteiger partial charge in [0.05, 0.1) is 0 Å². The third-order valence-corrected chi connectivity index (χ3v) is 1.69. The molecule has 1 amide bonds. The Hall–Kier alpha value is -1.06. The van der Waals surface area contributed by atoms with Crippen LogP contribution in [0.1, 0.15) is 34.1 Å². The van der Waals surface area contributed by atoms with Crippen LogP contribution in [0.5, 0.6) is 0 Å². The van der Waals surface area contributed by atoms with E-state index in [4.69, 9.17) is 4.74 Å². The van der Waals surface area contributed by atoms with Gasteiger partial charge in [-0.25, -0.2) is 0 Å². The van der Waals surface area contributed by atoms with Crippen LogP contribution in [0.4, 0.5) is 0 Å². The molecule has 0 radical (unpaired) electrons. The molecule has 0 aromatic rings. The lowest BCUT2D eigenvalue weighted by molar-refractivity contribution is -0.142. The predicted molar refractivity (Wildman–Crippen MR) is 45.4 cm³/mol. The fraction of sp³-hybridized carbons (Fsp3) is 0.750. The van der Waals surface area contributed by atoms with Gasteiger partial charge in [0.15, 0.2) is 0 Å². The molecule has 68 valence electrons. The van der Waals surface area contributed by atoms with Crippen LogP contribution in [0.2, 0.25) is 0 Å². The number of ether oxygens (including phenoxy) is 1. The van der Waals surface area contributed by atoms with Crippen molar-refractivity contribution in [2.24, 2.45) is 5.10 Å². The molecule has 0 aliphatic carbocycles. The first-order valence-corrected chi connectivity index (χ1v) is 4.04. The molecule has 0 spiro atoms. The summed E-state index contributed by atoms with van der Waals surface area (Å²) in [6, 6.07) is 0. The highest BCUT2D eigenvalue weighted by Crippen LogP contribution is 2.24. The quantitative estimate of drug-likeness (QED) is 0.595. The molecular weight excluding hydrogens is 156 g/mol. The van der Waals surface area contributed by atoms with Gasteiger partial charge in [-0.05, 0) is 13.8 Å². The fourth-order valence-electron chi connectivity index (χ4n) is 1.18. The average Bonchev–Trinajstić information content (AvgIpc) is 2.25. The minimum atomic E-state index is -0.614. The van der Waals surface area contributed by atoms with E-state index >= 15 is 0 Å². The van der Waals surface area contributed by atoms with Gasteiger partial charge in [0.25, 0.3) is 0 Å². The van der Waals surface area contributed by atoms with Crippen LogP contribution in [0.3, 0.4) is 0 Å². The molecule has 1 heterocycles. The maximum absolute atomic E-state index is 11.1. The highest BCUT2D eigenvalue weighted by Gasteiger charge is 2.37. The average molecular weight is 170 g/mol. The van der Waals surface area contributed by atoms with Crippen molar-refractivity contribution in [3.8, 4) is 0 Å². The summed E-state index contributed by atoms with van der Waals surface area (Å²) < 4.78 is 5.43. The molecule has 1 aliphatic heterocycles. The van der Waals surface area contributed by atoms with Gasteiger partial charge in [0, 0.05) is 13.3 Å². The third-order valence-electron chi connectivity index (χ3n) is 1.69. The van der Waals surface area contributed by atoms with E-state index < -0.39 is 5.72 Å². The first-order valence-electron chi connectivity index (χ1n) is 4.04. The Labute approximate surface area is 72.2 Å². The van der Waals surface area contributed by atoms with Gasteiger partial charge in [-0.1, -0.05) is 6.92 Å². The van der Waals surface area contributed by atoms with Crippen molar-refractivity contribution >= 4 is 11.8 Å². The smallest absolute Gasteiger partial charge is 0.243 e. The Morgan fingerprint density at radius 3 is 2.50 bits per heavy atom. The minimum absolute atomic E-state index is 0.0940. The Morgan fingerprint density at radius 1 is 1.67 bits per heavy atom. The Bertz CT molecular complexity index is 233. The summed E-state index contributed by atoms with van der Waals surface area (Å²) in [7, 11) is 0. The fourth-order valence-corrected chi connectivity index (χ4v) is 1.18. The lowest BCUT2D eigenvalue weighted by Crippen LogP contribution is -2.40. The lowest BCUT2D eigenvalue weighted by atomic mass is 10.3. The van der Waals surface area contributed by atoms with E-state index in [1.54, 1.807) is 0 Å². The summed E-state index contributed by atoms with van der Waals surface area (Å²) in [4.78, 5) is 11.1. The molecule has 0 fully saturated rings. The zero-order valence-corrected chi connectivity index (χ0v) is 7.92. The molecule has 0 bridgehead atoms. The first-order chi connectivity index (χ1) is 5.47. The first kappa shape index (κ1) is 9.03. The van der Waals surface area contributed by atoms with Gasteiger partial charge < -0.3 is 4.74 Å². The van der Waals surface area contributed by atoms with Crippen molar-refractivity contribution in [1.29, 1.82) is 0 Å².